The zero-order chi connectivity index (χ0) is 50.0. The standard InChI is InChI=1S/C63H96O6/c1-4-7-10-13-16-19-21-23-25-27-29-30-31-32-34-35-37-39-41-44-47-50-53-56-62(65)68-59-60(58-67-61(64)55-52-49-46-43-18-15-12-9-6-3)69-63(66)57-54-51-48-45-42-40-38-36-33-28-26-24-22-20-17-14-11-8-5-2/h7-8,10-11,16-17,19-20,23-26,29-30,32-34,36-37,39-40,42,44,47-48,51,60H,4-6,9,12-15,18,21-22,27-28,31,35,38,41,43,45-46,49-50,52-59H2,1-3H3/b10-7-,11-8-,19-16-,20-17-,25-23-,26-24-,30-29-,34-32-,36-33-,39-37-,42-40-,47-44-,51-48-. The maximum absolute atomic E-state index is 12.8. The minimum absolute atomic E-state index is 0.132. The van der Waals surface area contributed by atoms with Crippen molar-refractivity contribution >= 4 is 17.9 Å². The number of carbonyl (C=O) groups excluding carboxylic acids is 3. The zero-order valence-corrected chi connectivity index (χ0v) is 43.8. The van der Waals surface area contributed by atoms with Gasteiger partial charge in [0.1, 0.15) is 13.2 Å². The maximum Gasteiger partial charge on any atom is 0.306 e. The first-order valence-corrected chi connectivity index (χ1v) is 27.0. The van der Waals surface area contributed by atoms with Crippen molar-refractivity contribution in [3.05, 3.63) is 158 Å². The number of allylic oxidation sites excluding steroid dienone is 26. The van der Waals surface area contributed by atoms with Crippen molar-refractivity contribution in [2.75, 3.05) is 13.2 Å². The summed E-state index contributed by atoms with van der Waals surface area (Å²) in [4.78, 5) is 37.9. The Kier molecular flexibility index (Phi) is 51.6. The van der Waals surface area contributed by atoms with E-state index >= 15 is 0 Å². The van der Waals surface area contributed by atoms with Gasteiger partial charge in [0, 0.05) is 19.3 Å². The van der Waals surface area contributed by atoms with E-state index in [2.05, 4.69) is 167 Å². The van der Waals surface area contributed by atoms with Crippen molar-refractivity contribution in [1.82, 2.24) is 0 Å². The monoisotopic (exact) mass is 949 g/mol. The van der Waals surface area contributed by atoms with Crippen molar-refractivity contribution < 1.29 is 28.6 Å². The quantitative estimate of drug-likeness (QED) is 0.0262. The lowest BCUT2D eigenvalue weighted by molar-refractivity contribution is -0.166. The van der Waals surface area contributed by atoms with E-state index in [-0.39, 0.29) is 38.0 Å². The molecule has 0 aromatic heterocycles. The Morgan fingerprint density at radius 2 is 0.594 bits per heavy atom. The molecule has 1 unspecified atom stereocenters. The van der Waals surface area contributed by atoms with Crippen LogP contribution in [0.3, 0.4) is 0 Å². The summed E-state index contributed by atoms with van der Waals surface area (Å²) >= 11 is 0. The normalized spacial score (nSPS) is 13.4. The number of hydrogen-bond donors (Lipinski definition) is 0. The Labute approximate surface area is 422 Å². The van der Waals surface area contributed by atoms with Crippen LogP contribution in [0.4, 0.5) is 0 Å². The fraction of sp³-hybridized carbons (Fsp3) is 0.540. The molecular formula is C63H96O6. The van der Waals surface area contributed by atoms with Crippen molar-refractivity contribution in [3.8, 4) is 0 Å². The molecule has 0 saturated carbocycles. The molecule has 0 rings (SSSR count). The number of rotatable bonds is 46. The third kappa shape index (κ3) is 53.8. The van der Waals surface area contributed by atoms with Crippen LogP contribution in [-0.4, -0.2) is 37.2 Å². The highest BCUT2D eigenvalue weighted by molar-refractivity contribution is 5.71. The molecule has 0 N–H and O–H groups in total. The predicted molar refractivity (Wildman–Crippen MR) is 297 cm³/mol. The third-order valence-corrected chi connectivity index (χ3v) is 10.5. The van der Waals surface area contributed by atoms with Gasteiger partial charge < -0.3 is 14.2 Å². The highest BCUT2D eigenvalue weighted by Crippen LogP contribution is 2.12. The Balaban J connectivity index is 4.55. The molecule has 6 heteroatoms. The van der Waals surface area contributed by atoms with E-state index < -0.39 is 12.1 Å². The van der Waals surface area contributed by atoms with Gasteiger partial charge >= 0.3 is 17.9 Å². The van der Waals surface area contributed by atoms with Gasteiger partial charge in [0.2, 0.25) is 0 Å². The summed E-state index contributed by atoms with van der Waals surface area (Å²) in [6.07, 6.45) is 81.1. The fourth-order valence-corrected chi connectivity index (χ4v) is 6.57. The maximum atomic E-state index is 12.8. The average molecular weight is 949 g/mol. The molecule has 0 aliphatic rings. The molecule has 0 aromatic rings. The third-order valence-electron chi connectivity index (χ3n) is 10.5. The van der Waals surface area contributed by atoms with Crippen LogP contribution in [0.1, 0.15) is 201 Å². The largest absolute Gasteiger partial charge is 0.462 e. The topological polar surface area (TPSA) is 78.9 Å². The molecule has 0 amide bonds. The molecule has 69 heavy (non-hydrogen) atoms. The van der Waals surface area contributed by atoms with Crippen LogP contribution in [0.15, 0.2) is 158 Å². The molecule has 0 saturated heterocycles. The summed E-state index contributed by atoms with van der Waals surface area (Å²) in [7, 11) is 0. The van der Waals surface area contributed by atoms with Crippen molar-refractivity contribution in [2.24, 2.45) is 0 Å². The molecule has 0 aliphatic heterocycles. The van der Waals surface area contributed by atoms with Crippen LogP contribution in [0.25, 0.3) is 0 Å². The van der Waals surface area contributed by atoms with Crippen LogP contribution in [0.5, 0.6) is 0 Å². The molecule has 0 radical (unpaired) electrons. The van der Waals surface area contributed by atoms with E-state index in [1.807, 2.05) is 12.2 Å². The van der Waals surface area contributed by atoms with Crippen molar-refractivity contribution in [3.63, 3.8) is 0 Å². The van der Waals surface area contributed by atoms with E-state index in [0.29, 0.717) is 19.3 Å². The Bertz CT molecular complexity index is 1610. The van der Waals surface area contributed by atoms with Crippen molar-refractivity contribution in [1.29, 1.82) is 0 Å². The summed E-state index contributed by atoms with van der Waals surface area (Å²) in [5, 5.41) is 0. The molecule has 6 nitrogen and oxygen atoms in total. The molecular weight excluding hydrogens is 853 g/mol. The van der Waals surface area contributed by atoms with Gasteiger partial charge in [0.15, 0.2) is 6.10 Å². The zero-order valence-electron chi connectivity index (χ0n) is 43.8. The molecule has 0 aliphatic carbocycles. The SMILES string of the molecule is CC/C=C\C/C=C\C/C=C\C/C=C\C/C=C\C/C=C\C/C=C\CCCC(=O)OCC(COC(=O)CCCCCCCCCCC)OC(=O)CC/C=C\C/C=C\C/C=C\C/C=C\C/C=C\C/C=C\CC. The lowest BCUT2D eigenvalue weighted by atomic mass is 10.1. The Morgan fingerprint density at radius 1 is 0.304 bits per heavy atom. The van der Waals surface area contributed by atoms with Gasteiger partial charge in [-0.3, -0.25) is 14.4 Å². The number of carbonyl (C=O) groups is 3. The second kappa shape index (κ2) is 55.6. The minimum atomic E-state index is -0.847. The van der Waals surface area contributed by atoms with E-state index in [1.165, 1.54) is 38.5 Å². The number of hydrogen-bond acceptors (Lipinski definition) is 6. The average Bonchev–Trinajstić information content (AvgIpc) is 3.35. The summed E-state index contributed by atoms with van der Waals surface area (Å²) in [5.41, 5.74) is 0. The first-order valence-electron chi connectivity index (χ1n) is 27.0. The molecule has 384 valence electrons. The lowest BCUT2D eigenvalue weighted by Gasteiger charge is -2.18. The van der Waals surface area contributed by atoms with Gasteiger partial charge in [-0.15, -0.1) is 0 Å². The van der Waals surface area contributed by atoms with Gasteiger partial charge in [-0.1, -0.05) is 230 Å². The summed E-state index contributed by atoms with van der Waals surface area (Å²) in [6, 6.07) is 0. The molecule has 0 bridgehead atoms. The fourth-order valence-electron chi connectivity index (χ4n) is 6.57. The van der Waals surface area contributed by atoms with Crippen LogP contribution in [0.2, 0.25) is 0 Å². The van der Waals surface area contributed by atoms with E-state index in [0.717, 1.165) is 109 Å². The molecule has 0 spiro atoms. The second-order valence-electron chi connectivity index (χ2n) is 17.0. The van der Waals surface area contributed by atoms with Crippen LogP contribution >= 0.6 is 0 Å². The smallest absolute Gasteiger partial charge is 0.306 e. The molecule has 0 aromatic carbocycles. The summed E-state index contributed by atoms with van der Waals surface area (Å²) in [6.45, 7) is 6.25. The van der Waals surface area contributed by atoms with E-state index in [4.69, 9.17) is 14.2 Å². The first-order chi connectivity index (χ1) is 34.0. The predicted octanol–water partition coefficient (Wildman–Crippen LogP) is 18.2. The molecule has 0 heterocycles. The molecule has 1 atom stereocenters. The van der Waals surface area contributed by atoms with Gasteiger partial charge in [-0.05, 0) is 109 Å². The second-order valence-corrected chi connectivity index (χ2v) is 17.0. The van der Waals surface area contributed by atoms with Gasteiger partial charge in [0.05, 0.1) is 0 Å². The Morgan fingerprint density at radius 3 is 0.942 bits per heavy atom. The number of unbranched alkanes of at least 4 members (excludes halogenated alkanes) is 9. The summed E-state index contributed by atoms with van der Waals surface area (Å²) in [5.74, 6) is -1.10. The summed E-state index contributed by atoms with van der Waals surface area (Å²) < 4.78 is 16.6. The van der Waals surface area contributed by atoms with Gasteiger partial charge in [0.25, 0.3) is 0 Å². The van der Waals surface area contributed by atoms with Crippen molar-refractivity contribution in [2.45, 2.75) is 207 Å². The van der Waals surface area contributed by atoms with E-state index in [9.17, 15) is 14.4 Å². The molecule has 0 fully saturated rings. The van der Waals surface area contributed by atoms with Gasteiger partial charge in [-0.2, -0.15) is 0 Å². The lowest BCUT2D eigenvalue weighted by Crippen LogP contribution is -2.30. The highest BCUT2D eigenvalue weighted by atomic mass is 16.6. The van der Waals surface area contributed by atoms with Crippen LogP contribution in [0, 0.1) is 0 Å². The first kappa shape index (κ1) is 64.0. The van der Waals surface area contributed by atoms with Crippen LogP contribution in [-0.2, 0) is 28.6 Å². The Hall–Kier alpha value is -4.97. The van der Waals surface area contributed by atoms with Crippen LogP contribution < -0.4 is 0 Å². The number of esters is 3. The minimum Gasteiger partial charge on any atom is -0.462 e. The van der Waals surface area contributed by atoms with E-state index in [1.54, 1.807) is 0 Å². The number of ether oxygens (including phenoxy) is 3. The highest BCUT2D eigenvalue weighted by Gasteiger charge is 2.19. The van der Waals surface area contributed by atoms with Gasteiger partial charge in [-0.25, -0.2) is 0 Å².